The van der Waals surface area contributed by atoms with E-state index in [0.717, 1.165) is 32.4 Å². The van der Waals surface area contributed by atoms with E-state index in [2.05, 4.69) is 12.2 Å². The number of anilines is 1. The number of hydrogen-bond donors (Lipinski definition) is 1. The molecule has 1 aromatic rings. The molecule has 27 heavy (non-hydrogen) atoms. The number of piperidine rings is 2. The Hall–Kier alpha value is -2.37. The summed E-state index contributed by atoms with van der Waals surface area (Å²) in [5, 5.41) is 2.70. The summed E-state index contributed by atoms with van der Waals surface area (Å²) in [5.74, 6) is 0.678. The Kier molecular flexibility index (Phi) is 6.14. The maximum Gasteiger partial charge on any atom is 0.253 e. The Morgan fingerprint density at radius 3 is 2.44 bits per heavy atom. The molecule has 3 rings (SSSR count). The fourth-order valence-corrected chi connectivity index (χ4v) is 4.09. The van der Waals surface area contributed by atoms with E-state index in [9.17, 15) is 14.4 Å². The van der Waals surface area contributed by atoms with Gasteiger partial charge in [0.25, 0.3) is 5.91 Å². The first kappa shape index (κ1) is 19.4. The summed E-state index contributed by atoms with van der Waals surface area (Å²) < 4.78 is 0. The number of rotatable bonds is 3. The van der Waals surface area contributed by atoms with E-state index >= 15 is 0 Å². The van der Waals surface area contributed by atoms with Crippen molar-refractivity contribution < 1.29 is 14.4 Å². The van der Waals surface area contributed by atoms with Crippen molar-refractivity contribution in [3.05, 3.63) is 29.8 Å². The molecule has 2 aliphatic heterocycles. The van der Waals surface area contributed by atoms with Crippen molar-refractivity contribution in [1.29, 1.82) is 0 Å². The first-order chi connectivity index (χ1) is 12.9. The number of nitrogens with one attached hydrogen (secondary N) is 1. The number of carbonyl (C=O) groups excluding carboxylic acids is 3. The molecule has 2 saturated heterocycles. The van der Waals surface area contributed by atoms with Crippen molar-refractivity contribution in [3.63, 3.8) is 0 Å². The lowest BCUT2D eigenvalue weighted by Gasteiger charge is -2.37. The van der Waals surface area contributed by atoms with Crippen LogP contribution in [0.5, 0.6) is 0 Å². The Balaban J connectivity index is 1.56. The second kappa shape index (κ2) is 8.55. The van der Waals surface area contributed by atoms with E-state index in [0.29, 0.717) is 30.3 Å². The standard InChI is InChI=1S/C21H29N3O3/c1-15-5-4-10-24(14-15)20(26)17-8-11-23(12-9-17)21(27)18-6-3-7-19(13-18)22-16(2)25/h3,6-7,13,15,17H,4-5,8-12,14H2,1-2H3,(H,22,25). The largest absolute Gasteiger partial charge is 0.342 e. The number of carbonyl (C=O) groups is 3. The van der Waals surface area contributed by atoms with Crippen molar-refractivity contribution in [2.45, 2.75) is 39.5 Å². The molecule has 146 valence electrons. The highest BCUT2D eigenvalue weighted by molar-refractivity contribution is 5.97. The van der Waals surface area contributed by atoms with E-state index in [1.54, 1.807) is 24.3 Å². The van der Waals surface area contributed by atoms with Crippen molar-refractivity contribution in [2.75, 3.05) is 31.5 Å². The Bertz CT molecular complexity index is 710. The van der Waals surface area contributed by atoms with Crippen LogP contribution in [0.15, 0.2) is 24.3 Å². The molecule has 0 spiro atoms. The molecule has 2 fully saturated rings. The van der Waals surface area contributed by atoms with Crippen molar-refractivity contribution in [1.82, 2.24) is 9.80 Å². The summed E-state index contributed by atoms with van der Waals surface area (Å²) in [6, 6.07) is 7.01. The first-order valence-electron chi connectivity index (χ1n) is 9.89. The minimum Gasteiger partial charge on any atom is -0.342 e. The monoisotopic (exact) mass is 371 g/mol. The molecule has 1 unspecified atom stereocenters. The number of likely N-dealkylation sites (tertiary alicyclic amines) is 2. The van der Waals surface area contributed by atoms with Crippen LogP contribution in [-0.4, -0.2) is 53.7 Å². The van der Waals surface area contributed by atoms with Crippen LogP contribution < -0.4 is 5.32 Å². The quantitative estimate of drug-likeness (QED) is 0.888. The lowest BCUT2D eigenvalue weighted by atomic mass is 9.92. The molecule has 1 atom stereocenters. The SMILES string of the molecule is CC(=O)Nc1cccc(C(=O)N2CCC(C(=O)N3CCCC(C)C3)CC2)c1. The average Bonchev–Trinajstić information content (AvgIpc) is 2.66. The fourth-order valence-electron chi connectivity index (χ4n) is 4.09. The highest BCUT2D eigenvalue weighted by atomic mass is 16.2. The molecule has 1 N–H and O–H groups in total. The third-order valence-electron chi connectivity index (χ3n) is 5.53. The van der Waals surface area contributed by atoms with Gasteiger partial charge in [0.15, 0.2) is 0 Å². The predicted molar refractivity (Wildman–Crippen MR) is 104 cm³/mol. The fraction of sp³-hybridized carbons (Fsp3) is 0.571. The van der Waals surface area contributed by atoms with Crippen LogP contribution in [0.2, 0.25) is 0 Å². The van der Waals surface area contributed by atoms with Crippen LogP contribution in [0.4, 0.5) is 5.69 Å². The molecule has 3 amide bonds. The van der Waals surface area contributed by atoms with Gasteiger partial charge in [-0.25, -0.2) is 0 Å². The van der Waals surface area contributed by atoms with Gasteiger partial charge in [-0.05, 0) is 49.8 Å². The van der Waals surface area contributed by atoms with E-state index in [4.69, 9.17) is 0 Å². The highest BCUT2D eigenvalue weighted by Gasteiger charge is 2.32. The van der Waals surface area contributed by atoms with Gasteiger partial charge in [-0.15, -0.1) is 0 Å². The summed E-state index contributed by atoms with van der Waals surface area (Å²) >= 11 is 0. The van der Waals surface area contributed by atoms with Crippen LogP contribution in [0.3, 0.4) is 0 Å². The minimum absolute atomic E-state index is 0.0325. The van der Waals surface area contributed by atoms with Crippen LogP contribution in [0.1, 0.15) is 49.9 Å². The van der Waals surface area contributed by atoms with Gasteiger partial charge < -0.3 is 15.1 Å². The summed E-state index contributed by atoms with van der Waals surface area (Å²) in [6.07, 6.45) is 3.74. The molecule has 0 radical (unpaired) electrons. The third-order valence-corrected chi connectivity index (χ3v) is 5.53. The highest BCUT2D eigenvalue weighted by Crippen LogP contribution is 2.24. The number of hydrogen-bond acceptors (Lipinski definition) is 3. The molecule has 6 nitrogen and oxygen atoms in total. The van der Waals surface area contributed by atoms with Gasteiger partial charge in [-0.1, -0.05) is 13.0 Å². The van der Waals surface area contributed by atoms with Gasteiger partial charge in [-0.3, -0.25) is 14.4 Å². The second-order valence-corrected chi connectivity index (χ2v) is 7.86. The van der Waals surface area contributed by atoms with Crippen LogP contribution in [-0.2, 0) is 9.59 Å². The number of amides is 3. The number of nitrogens with zero attached hydrogens (tertiary/aromatic N) is 2. The lowest BCUT2D eigenvalue weighted by Crippen LogP contribution is -2.47. The molecule has 2 heterocycles. The lowest BCUT2D eigenvalue weighted by molar-refractivity contribution is -0.138. The zero-order chi connectivity index (χ0) is 19.4. The minimum atomic E-state index is -0.161. The maximum absolute atomic E-state index is 12.8. The molecule has 0 saturated carbocycles. The maximum atomic E-state index is 12.8. The zero-order valence-corrected chi connectivity index (χ0v) is 16.2. The Labute approximate surface area is 160 Å². The predicted octanol–water partition coefficient (Wildman–Crippen LogP) is 2.76. The van der Waals surface area contributed by atoms with Crippen LogP contribution in [0.25, 0.3) is 0 Å². The van der Waals surface area contributed by atoms with Crippen LogP contribution in [0, 0.1) is 11.8 Å². The van der Waals surface area contributed by atoms with Gasteiger partial charge in [0, 0.05) is 50.3 Å². The van der Waals surface area contributed by atoms with E-state index < -0.39 is 0 Å². The van der Waals surface area contributed by atoms with E-state index in [-0.39, 0.29) is 23.6 Å². The molecule has 2 aliphatic rings. The first-order valence-corrected chi connectivity index (χ1v) is 9.89. The summed E-state index contributed by atoms with van der Waals surface area (Å²) in [5.41, 5.74) is 1.19. The van der Waals surface area contributed by atoms with Crippen molar-refractivity contribution in [3.8, 4) is 0 Å². The zero-order valence-electron chi connectivity index (χ0n) is 16.2. The van der Waals surface area contributed by atoms with Crippen molar-refractivity contribution >= 4 is 23.4 Å². The van der Waals surface area contributed by atoms with Gasteiger partial charge in [0.2, 0.25) is 11.8 Å². The molecule has 0 bridgehead atoms. The molecule has 0 aromatic heterocycles. The number of benzene rings is 1. The normalized spacial score (nSPS) is 21.0. The van der Waals surface area contributed by atoms with Gasteiger partial charge in [0.1, 0.15) is 0 Å². The molecule has 6 heteroatoms. The molecular weight excluding hydrogens is 342 g/mol. The summed E-state index contributed by atoms with van der Waals surface area (Å²) in [4.78, 5) is 40.6. The molecule has 0 aliphatic carbocycles. The van der Waals surface area contributed by atoms with E-state index in [1.807, 2.05) is 9.80 Å². The molecular formula is C21H29N3O3. The third kappa shape index (κ3) is 4.87. The Morgan fingerprint density at radius 1 is 1.04 bits per heavy atom. The van der Waals surface area contributed by atoms with Gasteiger partial charge >= 0.3 is 0 Å². The second-order valence-electron chi connectivity index (χ2n) is 7.86. The van der Waals surface area contributed by atoms with Crippen molar-refractivity contribution in [2.24, 2.45) is 11.8 Å². The summed E-state index contributed by atoms with van der Waals surface area (Å²) in [7, 11) is 0. The average molecular weight is 371 g/mol. The van der Waals surface area contributed by atoms with Gasteiger partial charge in [0.05, 0.1) is 0 Å². The molecule has 1 aromatic carbocycles. The van der Waals surface area contributed by atoms with E-state index in [1.165, 1.54) is 13.3 Å². The van der Waals surface area contributed by atoms with Crippen LogP contribution >= 0.6 is 0 Å². The Morgan fingerprint density at radius 2 is 1.78 bits per heavy atom. The summed E-state index contributed by atoms with van der Waals surface area (Å²) in [6.45, 7) is 6.59. The van der Waals surface area contributed by atoms with Gasteiger partial charge in [-0.2, -0.15) is 0 Å². The smallest absolute Gasteiger partial charge is 0.253 e. The topological polar surface area (TPSA) is 69.7 Å².